The summed E-state index contributed by atoms with van der Waals surface area (Å²) in [5.74, 6) is -2.49. The van der Waals surface area contributed by atoms with Crippen molar-refractivity contribution in [1.29, 1.82) is 0 Å². The van der Waals surface area contributed by atoms with Crippen molar-refractivity contribution >= 4 is 22.7 Å². The molecule has 0 bridgehead atoms. The van der Waals surface area contributed by atoms with Crippen LogP contribution in [0.4, 0.5) is 13.2 Å². The Labute approximate surface area is 255 Å². The molecule has 7 nitrogen and oxygen atoms in total. The molecule has 1 atom stereocenters. The zero-order valence-electron chi connectivity index (χ0n) is 24.5. The molecule has 2 aromatic carbocycles. The molecule has 0 amide bonds. The fourth-order valence-corrected chi connectivity index (χ4v) is 7.07. The van der Waals surface area contributed by atoms with Crippen LogP contribution in [-0.2, 0) is 11.3 Å². The summed E-state index contributed by atoms with van der Waals surface area (Å²) in [6, 6.07) is 7.77. The number of thioether (sulfide) groups is 1. The number of rotatable bonds is 12. The lowest BCUT2D eigenvalue weighted by atomic mass is 9.74. The van der Waals surface area contributed by atoms with Crippen LogP contribution in [0.1, 0.15) is 42.9 Å². The summed E-state index contributed by atoms with van der Waals surface area (Å²) in [6.07, 6.45) is 3.88. The first kappa shape index (κ1) is 32.0. The Bertz CT molecular complexity index is 1360. The summed E-state index contributed by atoms with van der Waals surface area (Å²) in [5.41, 5.74) is 2.36. The fourth-order valence-electron chi connectivity index (χ4n) is 6.11. The van der Waals surface area contributed by atoms with Crippen molar-refractivity contribution in [3.63, 3.8) is 0 Å². The van der Waals surface area contributed by atoms with Gasteiger partial charge in [-0.1, -0.05) is 0 Å². The molecule has 11 heteroatoms. The first-order valence-electron chi connectivity index (χ1n) is 14.8. The van der Waals surface area contributed by atoms with Gasteiger partial charge >= 0.3 is 0 Å². The van der Waals surface area contributed by atoms with Gasteiger partial charge in [0.2, 0.25) is 0 Å². The van der Waals surface area contributed by atoms with E-state index in [1.54, 1.807) is 7.11 Å². The lowest BCUT2D eigenvalue weighted by Crippen LogP contribution is -2.43. The van der Waals surface area contributed by atoms with E-state index in [2.05, 4.69) is 14.8 Å². The minimum atomic E-state index is -1.45. The number of hydrogen-bond donors (Lipinski definition) is 2. The third-order valence-electron chi connectivity index (χ3n) is 8.86. The number of morpholine rings is 1. The number of aliphatic hydroxyl groups excluding tert-OH is 2. The average molecular weight is 620 g/mol. The van der Waals surface area contributed by atoms with Crippen LogP contribution in [0.15, 0.2) is 41.4 Å². The van der Waals surface area contributed by atoms with E-state index in [9.17, 15) is 23.4 Å². The van der Waals surface area contributed by atoms with Gasteiger partial charge < -0.3 is 24.6 Å². The highest BCUT2D eigenvalue weighted by Gasteiger charge is 2.35. The minimum absolute atomic E-state index is 0.0436. The second-order valence-corrected chi connectivity index (χ2v) is 12.7. The van der Waals surface area contributed by atoms with Crippen molar-refractivity contribution in [1.82, 2.24) is 14.8 Å². The molecule has 0 aliphatic carbocycles. The molecular formula is C32H40F3N3O4S. The van der Waals surface area contributed by atoms with Crippen molar-refractivity contribution < 1.29 is 32.9 Å². The minimum Gasteiger partial charge on any atom is -0.497 e. The largest absolute Gasteiger partial charge is 0.497 e. The van der Waals surface area contributed by atoms with Crippen molar-refractivity contribution in [2.45, 2.75) is 43.2 Å². The van der Waals surface area contributed by atoms with Crippen LogP contribution in [0.25, 0.3) is 10.9 Å². The molecule has 2 aliphatic heterocycles. The number of methoxy groups -OCH3 is 1. The van der Waals surface area contributed by atoms with E-state index in [0.29, 0.717) is 55.5 Å². The second-order valence-electron chi connectivity index (χ2n) is 11.6. The maximum atomic E-state index is 13.5. The van der Waals surface area contributed by atoms with Gasteiger partial charge in [-0.2, -0.15) is 0 Å². The summed E-state index contributed by atoms with van der Waals surface area (Å²) < 4.78 is 51.3. The summed E-state index contributed by atoms with van der Waals surface area (Å²) in [7, 11) is 1.63. The van der Waals surface area contributed by atoms with Crippen LogP contribution < -0.4 is 4.74 Å². The number of halogens is 3. The van der Waals surface area contributed by atoms with Crippen molar-refractivity contribution in [3.05, 3.63) is 65.1 Å². The number of likely N-dealkylation sites (tertiary alicyclic amines) is 1. The predicted octanol–water partition coefficient (Wildman–Crippen LogP) is 5.17. The average Bonchev–Trinajstić information content (AvgIpc) is 3.03. The highest BCUT2D eigenvalue weighted by atomic mass is 32.2. The van der Waals surface area contributed by atoms with Crippen LogP contribution in [0.3, 0.4) is 0 Å². The Balaban J connectivity index is 1.22. The molecule has 3 heterocycles. The zero-order chi connectivity index (χ0) is 30.4. The molecule has 0 saturated carbocycles. The number of aliphatic hydroxyl groups is 2. The number of piperidine rings is 1. The van der Waals surface area contributed by atoms with Crippen LogP contribution >= 0.6 is 11.8 Å². The van der Waals surface area contributed by atoms with Crippen LogP contribution in [-0.4, -0.2) is 90.4 Å². The van der Waals surface area contributed by atoms with Gasteiger partial charge in [-0.15, -0.1) is 11.8 Å². The Hall–Kier alpha value is -2.41. The normalized spacial score (nSPS) is 18.7. The van der Waals surface area contributed by atoms with Crippen molar-refractivity contribution in [2.24, 2.45) is 5.41 Å². The highest BCUT2D eigenvalue weighted by Crippen LogP contribution is 2.40. The van der Waals surface area contributed by atoms with Crippen LogP contribution in [0, 0.1) is 22.9 Å². The van der Waals surface area contributed by atoms with Gasteiger partial charge in [0.1, 0.15) is 5.75 Å². The summed E-state index contributed by atoms with van der Waals surface area (Å²) >= 11 is 1.29. The standard InChI is InChI=1S/C32H40F3N3O4S/c1-41-23-2-3-28-25(16-23)30(22(19-36-28)20-38-10-13-42-14-11-38)29(40)4-5-32(21-39)6-8-37(9-7-32)12-15-43-24-17-26(33)31(35)27(34)18-24/h2-3,16-19,29,39-40H,4-15,20-21H2,1H3/t29-/m0/s1. The molecule has 0 unspecified atom stereocenters. The molecule has 2 fully saturated rings. The quantitative estimate of drug-likeness (QED) is 0.212. The monoisotopic (exact) mass is 619 g/mol. The summed E-state index contributed by atoms with van der Waals surface area (Å²) in [5, 5.41) is 23.0. The number of hydrogen-bond acceptors (Lipinski definition) is 8. The van der Waals surface area contributed by atoms with E-state index in [0.717, 1.165) is 73.2 Å². The highest BCUT2D eigenvalue weighted by molar-refractivity contribution is 7.99. The van der Waals surface area contributed by atoms with E-state index in [1.807, 2.05) is 24.4 Å². The van der Waals surface area contributed by atoms with Crippen LogP contribution in [0.2, 0.25) is 0 Å². The van der Waals surface area contributed by atoms with Gasteiger partial charge in [0.05, 0.1) is 31.9 Å². The summed E-state index contributed by atoms with van der Waals surface area (Å²) in [6.45, 7) is 6.01. The molecule has 1 aromatic heterocycles. The first-order chi connectivity index (χ1) is 20.8. The topological polar surface area (TPSA) is 78.3 Å². The van der Waals surface area contributed by atoms with Gasteiger partial charge in [-0.05, 0) is 85.6 Å². The smallest absolute Gasteiger partial charge is 0.194 e. The van der Waals surface area contributed by atoms with Gasteiger partial charge in [0.25, 0.3) is 0 Å². The number of nitrogens with zero attached hydrogens (tertiary/aromatic N) is 3. The molecule has 0 spiro atoms. The molecule has 43 heavy (non-hydrogen) atoms. The maximum Gasteiger partial charge on any atom is 0.194 e. The predicted molar refractivity (Wildman–Crippen MR) is 161 cm³/mol. The Morgan fingerprint density at radius 3 is 2.44 bits per heavy atom. The Morgan fingerprint density at radius 2 is 1.77 bits per heavy atom. The molecule has 2 saturated heterocycles. The Morgan fingerprint density at radius 1 is 1.05 bits per heavy atom. The number of pyridine rings is 1. The molecule has 3 aromatic rings. The first-order valence-corrected chi connectivity index (χ1v) is 15.8. The van der Waals surface area contributed by atoms with Gasteiger partial charge in [0.15, 0.2) is 17.5 Å². The Kier molecular flexibility index (Phi) is 10.8. The van der Waals surface area contributed by atoms with Gasteiger partial charge in [0, 0.05) is 55.0 Å². The van der Waals surface area contributed by atoms with E-state index < -0.39 is 23.6 Å². The number of aromatic nitrogens is 1. The van der Waals surface area contributed by atoms with Crippen LogP contribution in [0.5, 0.6) is 5.75 Å². The van der Waals surface area contributed by atoms with E-state index in [4.69, 9.17) is 9.47 Å². The molecule has 234 valence electrons. The van der Waals surface area contributed by atoms with E-state index in [1.165, 1.54) is 11.8 Å². The molecule has 2 aliphatic rings. The SMILES string of the molecule is COc1ccc2ncc(CN3CCOCC3)c([C@@H](O)CCC3(CO)CCN(CCSc4cc(F)c(F)c(F)c4)CC3)c2c1. The summed E-state index contributed by atoms with van der Waals surface area (Å²) in [4.78, 5) is 9.64. The van der Waals surface area contributed by atoms with Crippen molar-refractivity contribution in [2.75, 3.05) is 65.4 Å². The van der Waals surface area contributed by atoms with Gasteiger partial charge in [-0.3, -0.25) is 9.88 Å². The maximum absolute atomic E-state index is 13.5. The van der Waals surface area contributed by atoms with E-state index >= 15 is 0 Å². The number of fused-ring (bicyclic) bond motifs is 1. The van der Waals surface area contributed by atoms with E-state index in [-0.39, 0.29) is 12.0 Å². The fraction of sp³-hybridized carbons (Fsp3) is 0.531. The lowest BCUT2D eigenvalue weighted by molar-refractivity contribution is 0.0245. The number of ether oxygens (including phenoxy) is 2. The third-order valence-corrected chi connectivity index (χ3v) is 9.82. The molecule has 0 radical (unpaired) electrons. The lowest BCUT2D eigenvalue weighted by Gasteiger charge is -2.41. The van der Waals surface area contributed by atoms with Crippen molar-refractivity contribution in [3.8, 4) is 5.75 Å². The molecule has 5 rings (SSSR count). The molecular weight excluding hydrogens is 579 g/mol. The third kappa shape index (κ3) is 7.82. The van der Waals surface area contributed by atoms with Gasteiger partial charge in [-0.25, -0.2) is 13.2 Å². The second kappa shape index (κ2) is 14.6. The zero-order valence-corrected chi connectivity index (χ0v) is 25.4. The number of benzene rings is 2. The molecule has 2 N–H and O–H groups in total.